The largest absolute Gasteiger partial charge is 0.490 e. The van der Waals surface area contributed by atoms with E-state index in [1.807, 2.05) is 0 Å². The molecule has 0 saturated heterocycles. The third kappa shape index (κ3) is 3.47. The standard InChI is InChI=1S/C21H16O7/c22-13(11-27-18-5-1-3-16-20(18)14(23)7-9-25-16)12-28-19-6-2-4-17-21(19)15(24)8-10-26-17/h1-10,13,22H,11-12H2. The lowest BCUT2D eigenvalue weighted by Crippen LogP contribution is -2.25. The fourth-order valence-electron chi connectivity index (χ4n) is 2.87. The van der Waals surface area contributed by atoms with Gasteiger partial charge in [-0.15, -0.1) is 0 Å². The third-order valence-corrected chi connectivity index (χ3v) is 4.16. The SMILES string of the molecule is O=c1ccoc2cccc(OCC(O)COc3cccc4occc(=O)c34)c12. The average molecular weight is 380 g/mol. The predicted molar refractivity (Wildman–Crippen MR) is 102 cm³/mol. The van der Waals surface area contributed by atoms with Gasteiger partial charge >= 0.3 is 0 Å². The van der Waals surface area contributed by atoms with E-state index in [9.17, 15) is 14.7 Å². The Balaban J connectivity index is 1.46. The first-order valence-corrected chi connectivity index (χ1v) is 8.58. The molecule has 2 heterocycles. The van der Waals surface area contributed by atoms with E-state index < -0.39 is 6.10 Å². The molecule has 4 aromatic rings. The van der Waals surface area contributed by atoms with Gasteiger partial charge in [-0.3, -0.25) is 9.59 Å². The van der Waals surface area contributed by atoms with Crippen molar-refractivity contribution in [3.05, 3.63) is 81.5 Å². The molecule has 0 radical (unpaired) electrons. The fourth-order valence-corrected chi connectivity index (χ4v) is 2.87. The average Bonchev–Trinajstić information content (AvgIpc) is 2.71. The molecule has 1 N–H and O–H groups in total. The van der Waals surface area contributed by atoms with E-state index >= 15 is 0 Å². The van der Waals surface area contributed by atoms with Crippen molar-refractivity contribution in [2.24, 2.45) is 0 Å². The molecule has 142 valence electrons. The Morgan fingerprint density at radius 1 is 0.750 bits per heavy atom. The summed E-state index contributed by atoms with van der Waals surface area (Å²) in [5.74, 6) is 0.633. The van der Waals surface area contributed by atoms with E-state index in [4.69, 9.17) is 18.3 Å². The van der Waals surface area contributed by atoms with Gasteiger partial charge in [0.05, 0.1) is 12.5 Å². The number of hydrogen-bond donors (Lipinski definition) is 1. The minimum atomic E-state index is -0.989. The number of aliphatic hydroxyl groups is 1. The Bertz CT molecular complexity index is 1130. The van der Waals surface area contributed by atoms with Crippen LogP contribution in [0.1, 0.15) is 0 Å². The van der Waals surface area contributed by atoms with Crippen LogP contribution in [0.25, 0.3) is 21.9 Å². The summed E-state index contributed by atoms with van der Waals surface area (Å²) in [5.41, 5.74) is 0.339. The van der Waals surface area contributed by atoms with Crippen LogP contribution in [-0.4, -0.2) is 24.4 Å². The van der Waals surface area contributed by atoms with E-state index in [1.165, 1.54) is 24.7 Å². The summed E-state index contributed by atoms with van der Waals surface area (Å²) in [7, 11) is 0. The third-order valence-electron chi connectivity index (χ3n) is 4.16. The maximum Gasteiger partial charge on any atom is 0.196 e. The zero-order valence-corrected chi connectivity index (χ0v) is 14.7. The molecule has 4 rings (SSSR count). The monoisotopic (exact) mass is 380 g/mol. The van der Waals surface area contributed by atoms with Crippen LogP contribution in [0.3, 0.4) is 0 Å². The molecule has 0 bridgehead atoms. The Hall–Kier alpha value is -3.58. The predicted octanol–water partition coefficient (Wildman–Crippen LogP) is 2.72. The summed E-state index contributed by atoms with van der Waals surface area (Å²) in [6.45, 7) is -0.209. The van der Waals surface area contributed by atoms with Gasteiger partial charge in [-0.1, -0.05) is 12.1 Å². The first-order chi connectivity index (χ1) is 13.6. The van der Waals surface area contributed by atoms with Gasteiger partial charge in [-0.2, -0.15) is 0 Å². The molecule has 0 spiro atoms. The first kappa shape index (κ1) is 17.8. The molecule has 7 nitrogen and oxygen atoms in total. The highest BCUT2D eigenvalue weighted by Gasteiger charge is 2.13. The molecular weight excluding hydrogens is 364 g/mol. The molecule has 0 fully saturated rings. The molecule has 0 aliphatic heterocycles. The molecule has 0 atom stereocenters. The summed E-state index contributed by atoms with van der Waals surface area (Å²) in [6, 6.07) is 12.6. The van der Waals surface area contributed by atoms with E-state index in [1.54, 1.807) is 36.4 Å². The maximum absolute atomic E-state index is 12.0. The first-order valence-electron chi connectivity index (χ1n) is 8.58. The molecule has 2 aromatic carbocycles. The molecule has 0 saturated carbocycles. The van der Waals surface area contributed by atoms with Gasteiger partial charge in [0.25, 0.3) is 0 Å². The zero-order chi connectivity index (χ0) is 19.5. The molecule has 2 aromatic heterocycles. The second-order valence-electron chi connectivity index (χ2n) is 6.10. The number of ether oxygens (including phenoxy) is 2. The van der Waals surface area contributed by atoms with Gasteiger partial charge in [0.1, 0.15) is 52.8 Å². The highest BCUT2D eigenvalue weighted by atomic mass is 16.5. The molecule has 0 unspecified atom stereocenters. The van der Waals surface area contributed by atoms with Gasteiger partial charge in [0.15, 0.2) is 10.9 Å². The second-order valence-corrected chi connectivity index (χ2v) is 6.10. The van der Waals surface area contributed by atoms with Gasteiger partial charge in [-0.25, -0.2) is 0 Å². The minimum Gasteiger partial charge on any atom is -0.490 e. The maximum atomic E-state index is 12.0. The van der Waals surface area contributed by atoms with Crippen LogP contribution in [0.4, 0.5) is 0 Å². The van der Waals surface area contributed by atoms with E-state index in [2.05, 4.69) is 0 Å². The van der Waals surface area contributed by atoms with Gasteiger partial charge in [0.2, 0.25) is 0 Å². The Labute approximate surface area is 158 Å². The highest BCUT2D eigenvalue weighted by molar-refractivity contribution is 5.83. The summed E-state index contributed by atoms with van der Waals surface area (Å²) in [4.78, 5) is 24.1. The van der Waals surface area contributed by atoms with Crippen molar-refractivity contribution in [2.75, 3.05) is 13.2 Å². The van der Waals surface area contributed by atoms with Crippen LogP contribution in [-0.2, 0) is 0 Å². The topological polar surface area (TPSA) is 99.1 Å². The Kier molecular flexibility index (Phi) is 4.82. The lowest BCUT2D eigenvalue weighted by atomic mass is 10.2. The minimum absolute atomic E-state index is 0.104. The number of rotatable bonds is 6. The molecule has 0 amide bonds. The zero-order valence-electron chi connectivity index (χ0n) is 14.7. The Morgan fingerprint density at radius 2 is 1.21 bits per heavy atom. The summed E-state index contributed by atoms with van der Waals surface area (Å²) in [6.07, 6.45) is 1.65. The van der Waals surface area contributed by atoms with Gasteiger partial charge in [0, 0.05) is 12.1 Å². The normalized spacial score (nSPS) is 11.2. The van der Waals surface area contributed by atoms with Crippen LogP contribution in [0.5, 0.6) is 11.5 Å². The van der Waals surface area contributed by atoms with Gasteiger partial charge in [-0.05, 0) is 24.3 Å². The van der Waals surface area contributed by atoms with Crippen molar-refractivity contribution in [1.82, 2.24) is 0 Å². The molecule has 7 heteroatoms. The highest BCUT2D eigenvalue weighted by Crippen LogP contribution is 2.23. The van der Waals surface area contributed by atoms with Crippen molar-refractivity contribution < 1.29 is 23.4 Å². The molecule has 0 aliphatic carbocycles. The van der Waals surface area contributed by atoms with E-state index in [0.29, 0.717) is 33.4 Å². The van der Waals surface area contributed by atoms with Crippen molar-refractivity contribution in [3.63, 3.8) is 0 Å². The molecular formula is C21H16O7. The summed E-state index contributed by atoms with van der Waals surface area (Å²) in [5, 5.41) is 10.8. The van der Waals surface area contributed by atoms with Crippen LogP contribution < -0.4 is 20.3 Å². The molecule has 0 aliphatic rings. The number of hydrogen-bond acceptors (Lipinski definition) is 7. The van der Waals surface area contributed by atoms with Crippen LogP contribution in [0.2, 0.25) is 0 Å². The number of benzene rings is 2. The smallest absolute Gasteiger partial charge is 0.196 e. The summed E-state index contributed by atoms with van der Waals surface area (Å²) >= 11 is 0. The van der Waals surface area contributed by atoms with Crippen LogP contribution in [0.15, 0.2) is 79.5 Å². The number of fused-ring (bicyclic) bond motifs is 2. The lowest BCUT2D eigenvalue weighted by Gasteiger charge is -2.15. The lowest BCUT2D eigenvalue weighted by molar-refractivity contribution is 0.0636. The number of aliphatic hydroxyl groups excluding tert-OH is 1. The Morgan fingerprint density at radius 3 is 1.68 bits per heavy atom. The van der Waals surface area contributed by atoms with Crippen molar-refractivity contribution in [1.29, 1.82) is 0 Å². The van der Waals surface area contributed by atoms with Gasteiger partial charge < -0.3 is 23.4 Å². The van der Waals surface area contributed by atoms with E-state index in [-0.39, 0.29) is 24.1 Å². The van der Waals surface area contributed by atoms with Crippen molar-refractivity contribution >= 4 is 21.9 Å². The van der Waals surface area contributed by atoms with Crippen LogP contribution in [0, 0.1) is 0 Å². The molecule has 28 heavy (non-hydrogen) atoms. The van der Waals surface area contributed by atoms with Crippen LogP contribution >= 0.6 is 0 Å². The van der Waals surface area contributed by atoms with Crippen molar-refractivity contribution in [2.45, 2.75) is 6.10 Å². The van der Waals surface area contributed by atoms with Crippen molar-refractivity contribution in [3.8, 4) is 11.5 Å². The van der Waals surface area contributed by atoms with E-state index in [0.717, 1.165) is 0 Å². The quantitative estimate of drug-likeness (QED) is 0.549. The second kappa shape index (κ2) is 7.58. The summed E-state index contributed by atoms with van der Waals surface area (Å²) < 4.78 is 21.8. The fraction of sp³-hybridized carbons (Fsp3) is 0.143.